The topological polar surface area (TPSA) is 68.5 Å². The van der Waals surface area contributed by atoms with E-state index in [1.54, 1.807) is 17.5 Å². The van der Waals surface area contributed by atoms with E-state index in [9.17, 15) is 18.8 Å². The molecule has 0 bridgehead atoms. The van der Waals surface area contributed by atoms with Gasteiger partial charge in [-0.1, -0.05) is 6.07 Å². The third-order valence-corrected chi connectivity index (χ3v) is 3.98. The third kappa shape index (κ3) is 4.33. The van der Waals surface area contributed by atoms with Gasteiger partial charge in [0.05, 0.1) is 19.1 Å². The van der Waals surface area contributed by atoms with Gasteiger partial charge in [0.15, 0.2) is 11.5 Å². The second-order valence-electron chi connectivity index (χ2n) is 4.61. The maximum Gasteiger partial charge on any atom is 0.387 e. The number of carbonyl (C=O) groups is 1. The van der Waals surface area contributed by atoms with Crippen molar-refractivity contribution in [1.29, 1.82) is 5.26 Å². The summed E-state index contributed by atoms with van der Waals surface area (Å²) in [6, 6.07) is 7.91. The smallest absolute Gasteiger partial charge is 0.387 e. The van der Waals surface area contributed by atoms with Gasteiger partial charge < -0.3 is 14.2 Å². The van der Waals surface area contributed by atoms with Crippen molar-refractivity contribution in [2.75, 3.05) is 14.2 Å². The maximum absolute atomic E-state index is 12.5. The summed E-state index contributed by atoms with van der Waals surface area (Å²) in [4.78, 5) is 12.7. The molecule has 0 saturated heterocycles. The Bertz CT molecular complexity index is 801. The normalized spacial score (nSPS) is 11.1. The molecule has 0 aliphatic carbocycles. The number of hydrogen-bond donors (Lipinski definition) is 0. The van der Waals surface area contributed by atoms with E-state index in [-0.39, 0.29) is 22.8 Å². The molecular weight excluding hydrogens is 352 g/mol. The molecule has 1 heterocycles. The number of carbonyl (C=O) groups excluding carboxylic acids is 1. The highest BCUT2D eigenvalue weighted by Gasteiger charge is 2.19. The van der Waals surface area contributed by atoms with E-state index >= 15 is 0 Å². The molecular formula is C17H13F2NO4S. The van der Waals surface area contributed by atoms with Gasteiger partial charge in [-0.25, -0.2) is 0 Å². The van der Waals surface area contributed by atoms with Crippen LogP contribution in [0, 0.1) is 11.3 Å². The van der Waals surface area contributed by atoms with Gasteiger partial charge in [-0.3, -0.25) is 4.79 Å². The molecule has 130 valence electrons. The molecule has 0 N–H and O–H groups in total. The van der Waals surface area contributed by atoms with Crippen LogP contribution in [0.1, 0.15) is 15.2 Å². The molecule has 0 fully saturated rings. The van der Waals surface area contributed by atoms with Crippen molar-refractivity contribution in [2.45, 2.75) is 6.61 Å². The van der Waals surface area contributed by atoms with Gasteiger partial charge in [-0.05, 0) is 35.2 Å². The zero-order valence-corrected chi connectivity index (χ0v) is 14.1. The summed E-state index contributed by atoms with van der Waals surface area (Å²) in [5.41, 5.74) is 0.269. The van der Waals surface area contributed by atoms with Gasteiger partial charge >= 0.3 is 6.61 Å². The summed E-state index contributed by atoms with van der Waals surface area (Å²) in [6.07, 6.45) is 1.33. The molecule has 25 heavy (non-hydrogen) atoms. The number of allylic oxidation sites excluding steroid dienone is 1. The molecule has 0 atom stereocenters. The number of nitrogens with zero attached hydrogens (tertiary/aromatic N) is 1. The van der Waals surface area contributed by atoms with Crippen LogP contribution in [-0.2, 0) is 0 Å². The molecule has 2 aromatic rings. The van der Waals surface area contributed by atoms with Crippen molar-refractivity contribution in [3.05, 3.63) is 45.7 Å². The van der Waals surface area contributed by atoms with E-state index < -0.39 is 12.4 Å². The van der Waals surface area contributed by atoms with Crippen LogP contribution in [0.3, 0.4) is 0 Å². The Balaban J connectivity index is 2.48. The second kappa shape index (κ2) is 8.26. The molecule has 0 unspecified atom stereocenters. The van der Waals surface area contributed by atoms with Crippen LogP contribution in [0.25, 0.3) is 6.08 Å². The Kier molecular flexibility index (Phi) is 6.08. The van der Waals surface area contributed by atoms with Crippen LogP contribution in [0.15, 0.2) is 35.2 Å². The minimum Gasteiger partial charge on any atom is -0.493 e. The van der Waals surface area contributed by atoms with Gasteiger partial charge in [0, 0.05) is 0 Å². The first kappa shape index (κ1) is 18.4. The minimum absolute atomic E-state index is 0.00763. The summed E-state index contributed by atoms with van der Waals surface area (Å²) in [5, 5.41) is 11.0. The highest BCUT2D eigenvalue weighted by atomic mass is 32.1. The summed E-state index contributed by atoms with van der Waals surface area (Å²) in [6.45, 7) is -3.06. The van der Waals surface area contributed by atoms with Crippen LogP contribution in [0.4, 0.5) is 8.78 Å². The second-order valence-corrected chi connectivity index (χ2v) is 5.56. The first-order valence-corrected chi connectivity index (χ1v) is 7.79. The Hall–Kier alpha value is -2.92. The molecule has 0 amide bonds. The molecule has 1 aromatic heterocycles. The largest absolute Gasteiger partial charge is 0.493 e. The summed E-state index contributed by atoms with van der Waals surface area (Å²) in [7, 11) is 2.56. The fraction of sp³-hybridized carbons (Fsp3) is 0.176. The molecule has 0 saturated carbocycles. The highest BCUT2D eigenvalue weighted by molar-refractivity contribution is 7.12. The zero-order chi connectivity index (χ0) is 18.4. The Morgan fingerprint density at radius 1 is 1.28 bits per heavy atom. The lowest BCUT2D eigenvalue weighted by molar-refractivity contribution is -0.0526. The summed E-state index contributed by atoms with van der Waals surface area (Å²) < 4.78 is 39.6. The molecule has 2 rings (SSSR count). The van der Waals surface area contributed by atoms with Gasteiger partial charge in [0.1, 0.15) is 11.6 Å². The number of alkyl halides is 2. The predicted molar refractivity (Wildman–Crippen MR) is 88.4 cm³/mol. The first-order valence-electron chi connectivity index (χ1n) is 6.91. The van der Waals surface area contributed by atoms with Gasteiger partial charge in [0.2, 0.25) is 11.5 Å². The van der Waals surface area contributed by atoms with Gasteiger partial charge in [-0.2, -0.15) is 14.0 Å². The number of hydrogen-bond acceptors (Lipinski definition) is 6. The van der Waals surface area contributed by atoms with E-state index in [0.29, 0.717) is 10.4 Å². The van der Waals surface area contributed by atoms with Crippen LogP contribution < -0.4 is 14.2 Å². The lowest BCUT2D eigenvalue weighted by atomic mass is 10.1. The Labute approximate surface area is 146 Å². The standard InChI is InChI=1S/C17H13F2NO4S/c1-22-12-7-10(8-13(23-2)16(12)24-17(18)19)6-11(9-20)15(21)14-4-3-5-25-14/h3-8,17H,1-2H3/b11-6+. The fourth-order valence-corrected chi connectivity index (χ4v) is 2.72. The number of ketones is 1. The van der Waals surface area contributed by atoms with Gasteiger partial charge in [0.25, 0.3) is 0 Å². The number of methoxy groups -OCH3 is 2. The quantitative estimate of drug-likeness (QED) is 0.419. The number of halogens is 2. The summed E-state index contributed by atoms with van der Waals surface area (Å²) >= 11 is 1.22. The number of benzene rings is 1. The number of Topliss-reactive ketones (excluding diaryl/α,β-unsaturated/α-hetero) is 1. The highest BCUT2D eigenvalue weighted by Crippen LogP contribution is 2.40. The molecule has 0 spiro atoms. The zero-order valence-electron chi connectivity index (χ0n) is 13.3. The molecule has 0 aliphatic heterocycles. The molecule has 1 aromatic carbocycles. The average Bonchev–Trinajstić information content (AvgIpc) is 3.13. The SMILES string of the molecule is COc1cc(/C=C(\C#N)C(=O)c2cccs2)cc(OC)c1OC(F)F. The first-order chi connectivity index (χ1) is 12.0. The van der Waals surface area contributed by atoms with E-state index in [2.05, 4.69) is 4.74 Å². The fourth-order valence-electron chi connectivity index (χ4n) is 2.04. The lowest BCUT2D eigenvalue weighted by Gasteiger charge is -2.14. The number of rotatable bonds is 7. The van der Waals surface area contributed by atoms with Crippen molar-refractivity contribution >= 4 is 23.2 Å². The number of ether oxygens (including phenoxy) is 3. The van der Waals surface area contributed by atoms with Gasteiger partial charge in [-0.15, -0.1) is 11.3 Å². The molecule has 0 radical (unpaired) electrons. The average molecular weight is 365 g/mol. The summed E-state index contributed by atoms with van der Waals surface area (Å²) in [5.74, 6) is -0.706. The van der Waals surface area contributed by atoms with Crippen molar-refractivity contribution in [3.8, 4) is 23.3 Å². The van der Waals surface area contributed by atoms with Crippen molar-refractivity contribution in [2.24, 2.45) is 0 Å². The van der Waals surface area contributed by atoms with Crippen LogP contribution in [0.2, 0.25) is 0 Å². The van der Waals surface area contributed by atoms with Crippen molar-refractivity contribution in [1.82, 2.24) is 0 Å². The molecule has 0 aliphatic rings. The monoisotopic (exact) mass is 365 g/mol. The third-order valence-electron chi connectivity index (χ3n) is 3.11. The van der Waals surface area contributed by atoms with E-state index in [0.717, 1.165) is 0 Å². The predicted octanol–water partition coefficient (Wildman–Crippen LogP) is 4.16. The number of thiophene rings is 1. The molecule has 8 heteroatoms. The minimum atomic E-state index is -3.06. The van der Waals surface area contributed by atoms with E-state index in [1.165, 1.54) is 43.8 Å². The van der Waals surface area contributed by atoms with E-state index in [1.807, 2.05) is 6.07 Å². The maximum atomic E-state index is 12.5. The van der Waals surface area contributed by atoms with E-state index in [4.69, 9.17) is 9.47 Å². The van der Waals surface area contributed by atoms with Crippen molar-refractivity contribution < 1.29 is 27.8 Å². The lowest BCUT2D eigenvalue weighted by Crippen LogP contribution is -2.05. The van der Waals surface area contributed by atoms with Crippen LogP contribution >= 0.6 is 11.3 Å². The van der Waals surface area contributed by atoms with Crippen LogP contribution in [0.5, 0.6) is 17.2 Å². The van der Waals surface area contributed by atoms with Crippen LogP contribution in [-0.4, -0.2) is 26.6 Å². The van der Waals surface area contributed by atoms with Crippen molar-refractivity contribution in [3.63, 3.8) is 0 Å². The number of nitriles is 1. The Morgan fingerprint density at radius 2 is 1.92 bits per heavy atom. The Morgan fingerprint density at radius 3 is 2.36 bits per heavy atom. The molecule has 5 nitrogen and oxygen atoms in total.